The molecule has 0 unspecified atom stereocenters. The summed E-state index contributed by atoms with van der Waals surface area (Å²) in [6.45, 7) is 1.72. The molecule has 0 fully saturated rings. The number of thiophene rings is 1. The third-order valence-corrected chi connectivity index (χ3v) is 7.25. The van der Waals surface area contributed by atoms with Crippen LogP contribution in [0, 0.1) is 0 Å². The smallest absolute Gasteiger partial charge is 0.338 e. The van der Waals surface area contributed by atoms with Gasteiger partial charge in [0, 0.05) is 39.3 Å². The van der Waals surface area contributed by atoms with Crippen molar-refractivity contribution in [2.45, 2.75) is 19.6 Å². The summed E-state index contributed by atoms with van der Waals surface area (Å²) in [7, 11) is 0. The van der Waals surface area contributed by atoms with Gasteiger partial charge in [-0.05, 0) is 48.0 Å². The quantitative estimate of drug-likeness (QED) is 0.221. The molecule has 0 bridgehead atoms. The Bertz CT molecular complexity index is 1840. The number of amides is 1. The molecule has 0 saturated heterocycles. The second-order valence-electron chi connectivity index (χ2n) is 9.16. The minimum Gasteiger partial charge on any atom is -0.338 e. The first-order valence-electron chi connectivity index (χ1n) is 12.2. The van der Waals surface area contributed by atoms with Gasteiger partial charge in [-0.3, -0.25) is 4.79 Å². The molecule has 3 aromatic heterocycles. The van der Waals surface area contributed by atoms with Crippen LogP contribution in [0.25, 0.3) is 32.6 Å². The number of alkyl halides is 3. The maximum absolute atomic E-state index is 13.0. The summed E-state index contributed by atoms with van der Waals surface area (Å²) in [5.41, 5.74) is 3.30. The van der Waals surface area contributed by atoms with Gasteiger partial charge in [0.05, 0.1) is 18.4 Å². The van der Waals surface area contributed by atoms with E-state index in [0.717, 1.165) is 33.5 Å². The van der Waals surface area contributed by atoms with Crippen LogP contribution in [-0.2, 0) is 17.5 Å². The van der Waals surface area contributed by atoms with Crippen molar-refractivity contribution in [3.8, 4) is 11.4 Å². The minimum absolute atomic E-state index is 0.163. The normalized spacial score (nSPS) is 11.7. The van der Waals surface area contributed by atoms with Gasteiger partial charge < -0.3 is 15.2 Å². The largest absolute Gasteiger partial charge is 0.416 e. The number of nitrogens with one attached hydrogen (secondary N) is 2. The molecular weight excluding hydrogens is 537 g/mol. The predicted molar refractivity (Wildman–Crippen MR) is 151 cm³/mol. The zero-order valence-electron chi connectivity index (χ0n) is 21.0. The van der Waals surface area contributed by atoms with E-state index in [0.29, 0.717) is 34.1 Å². The second-order valence-corrected chi connectivity index (χ2v) is 10.1. The van der Waals surface area contributed by atoms with E-state index in [1.807, 2.05) is 41.8 Å². The van der Waals surface area contributed by atoms with Crippen LogP contribution < -0.4 is 10.6 Å². The molecule has 0 atom stereocenters. The Hall–Kier alpha value is -4.77. The summed E-state index contributed by atoms with van der Waals surface area (Å²) in [6, 6.07) is 20.2. The molecule has 1 amide bonds. The third-order valence-electron chi connectivity index (χ3n) is 6.29. The molecule has 3 heterocycles. The van der Waals surface area contributed by atoms with Crippen molar-refractivity contribution >= 4 is 55.7 Å². The second kappa shape index (κ2) is 10.1. The van der Waals surface area contributed by atoms with Crippen molar-refractivity contribution in [2.75, 3.05) is 10.6 Å². The van der Waals surface area contributed by atoms with Crippen LogP contribution >= 0.6 is 11.3 Å². The fourth-order valence-electron chi connectivity index (χ4n) is 4.39. The lowest BCUT2D eigenvalue weighted by atomic mass is 10.1. The van der Waals surface area contributed by atoms with Crippen molar-refractivity contribution in [1.82, 2.24) is 19.5 Å². The highest BCUT2D eigenvalue weighted by Gasteiger charge is 2.30. The number of halogens is 3. The number of rotatable bonds is 6. The van der Waals surface area contributed by atoms with E-state index in [2.05, 4.69) is 15.6 Å². The highest BCUT2D eigenvalue weighted by atomic mass is 32.1. The van der Waals surface area contributed by atoms with Crippen molar-refractivity contribution in [1.29, 1.82) is 0 Å². The number of hydrogen-bond acceptors (Lipinski definition) is 6. The Labute approximate surface area is 230 Å². The Kier molecular flexibility index (Phi) is 6.43. The third kappa shape index (κ3) is 5.10. The maximum Gasteiger partial charge on any atom is 0.416 e. The number of carbonyl (C=O) groups is 1. The minimum atomic E-state index is -4.40. The summed E-state index contributed by atoms with van der Waals surface area (Å²) < 4.78 is 42.0. The number of nitrogens with zero attached hydrogens (tertiary/aromatic N) is 4. The van der Waals surface area contributed by atoms with Crippen LogP contribution in [0.4, 0.5) is 30.4 Å². The van der Waals surface area contributed by atoms with Crippen molar-refractivity contribution in [2.24, 2.45) is 0 Å². The standard InChI is InChI=1S/C29H21F3N6OS/c1-17(39)34-20-10-12-21(13-11-20)35-27-25-28(37-26(36-27)23-15-40-24-5-3-2-4-22(23)24)38(16-33-25)14-18-6-8-19(9-7-18)29(30,31)32/h2-13,15-16H,14H2,1H3,(H,34,39)(H,35,36,37). The van der Waals surface area contributed by atoms with E-state index in [9.17, 15) is 18.0 Å². The van der Waals surface area contributed by atoms with Gasteiger partial charge in [0.2, 0.25) is 5.91 Å². The monoisotopic (exact) mass is 558 g/mol. The van der Waals surface area contributed by atoms with E-state index < -0.39 is 11.7 Å². The first-order chi connectivity index (χ1) is 19.2. The summed E-state index contributed by atoms with van der Waals surface area (Å²) in [4.78, 5) is 25.6. The first kappa shape index (κ1) is 25.5. The van der Waals surface area contributed by atoms with E-state index in [1.54, 1.807) is 34.4 Å². The molecule has 0 spiro atoms. The number of aromatic nitrogens is 4. The lowest BCUT2D eigenvalue weighted by Gasteiger charge is -2.11. The van der Waals surface area contributed by atoms with E-state index in [4.69, 9.17) is 9.97 Å². The SMILES string of the molecule is CC(=O)Nc1ccc(Nc2nc(-c3csc4ccccc34)nc3c2ncn3Cc2ccc(C(F)(F)F)cc2)cc1. The van der Waals surface area contributed by atoms with Gasteiger partial charge in [0.15, 0.2) is 22.8 Å². The first-order valence-corrected chi connectivity index (χ1v) is 13.1. The predicted octanol–water partition coefficient (Wildman–Crippen LogP) is 7.48. The Morgan fingerprint density at radius 1 is 0.950 bits per heavy atom. The van der Waals surface area contributed by atoms with Crippen LogP contribution in [0.3, 0.4) is 0 Å². The number of fused-ring (bicyclic) bond motifs is 2. The number of benzene rings is 3. The molecule has 40 heavy (non-hydrogen) atoms. The number of imidazole rings is 1. The van der Waals surface area contributed by atoms with Crippen LogP contribution in [0.1, 0.15) is 18.1 Å². The van der Waals surface area contributed by atoms with Gasteiger partial charge in [0.25, 0.3) is 0 Å². The van der Waals surface area contributed by atoms with Crippen molar-refractivity contribution in [3.05, 3.63) is 95.6 Å². The topological polar surface area (TPSA) is 84.7 Å². The van der Waals surface area contributed by atoms with Crippen LogP contribution in [0.5, 0.6) is 0 Å². The molecule has 3 aromatic carbocycles. The van der Waals surface area contributed by atoms with Crippen LogP contribution in [-0.4, -0.2) is 25.4 Å². The zero-order valence-corrected chi connectivity index (χ0v) is 21.8. The molecule has 0 aliphatic heterocycles. The molecule has 7 nitrogen and oxygen atoms in total. The molecule has 6 rings (SSSR count). The van der Waals surface area contributed by atoms with Gasteiger partial charge in [-0.2, -0.15) is 13.2 Å². The molecule has 6 aromatic rings. The average Bonchev–Trinajstić information content (AvgIpc) is 3.54. The van der Waals surface area contributed by atoms with E-state index >= 15 is 0 Å². The van der Waals surface area contributed by atoms with E-state index in [1.165, 1.54) is 19.1 Å². The van der Waals surface area contributed by atoms with Gasteiger partial charge in [-0.25, -0.2) is 15.0 Å². The van der Waals surface area contributed by atoms with Crippen LogP contribution in [0.2, 0.25) is 0 Å². The molecule has 0 radical (unpaired) electrons. The fraction of sp³-hybridized carbons (Fsp3) is 0.103. The summed E-state index contributed by atoms with van der Waals surface area (Å²) >= 11 is 1.59. The average molecular weight is 559 g/mol. The number of hydrogen-bond donors (Lipinski definition) is 2. The molecule has 200 valence electrons. The summed E-state index contributed by atoms with van der Waals surface area (Å²) in [6.07, 6.45) is -2.79. The Morgan fingerprint density at radius 2 is 1.68 bits per heavy atom. The molecule has 0 aliphatic carbocycles. The number of anilines is 3. The van der Waals surface area contributed by atoms with Gasteiger partial charge in [-0.15, -0.1) is 11.3 Å². The highest BCUT2D eigenvalue weighted by molar-refractivity contribution is 7.17. The van der Waals surface area contributed by atoms with Gasteiger partial charge >= 0.3 is 6.18 Å². The lowest BCUT2D eigenvalue weighted by molar-refractivity contribution is -0.137. The molecule has 0 aliphatic rings. The van der Waals surface area contributed by atoms with E-state index in [-0.39, 0.29) is 12.5 Å². The van der Waals surface area contributed by atoms with Crippen LogP contribution in [0.15, 0.2) is 84.5 Å². The summed E-state index contributed by atoms with van der Waals surface area (Å²) in [5, 5.41) is 9.08. The Morgan fingerprint density at radius 3 is 2.40 bits per heavy atom. The van der Waals surface area contributed by atoms with Crippen molar-refractivity contribution in [3.63, 3.8) is 0 Å². The lowest BCUT2D eigenvalue weighted by Crippen LogP contribution is -2.06. The highest BCUT2D eigenvalue weighted by Crippen LogP contribution is 2.35. The van der Waals surface area contributed by atoms with Gasteiger partial charge in [0.1, 0.15) is 0 Å². The van der Waals surface area contributed by atoms with Crippen molar-refractivity contribution < 1.29 is 18.0 Å². The Balaban J connectivity index is 1.42. The molecule has 2 N–H and O–H groups in total. The fourth-order valence-corrected chi connectivity index (χ4v) is 5.33. The van der Waals surface area contributed by atoms with Gasteiger partial charge in [-0.1, -0.05) is 30.3 Å². The molecular formula is C29H21F3N6OS. The maximum atomic E-state index is 13.0. The zero-order chi connectivity index (χ0) is 27.9. The molecule has 0 saturated carbocycles. The summed E-state index contributed by atoms with van der Waals surface area (Å²) in [5.74, 6) is 0.814. The number of carbonyl (C=O) groups excluding carboxylic acids is 1. The molecule has 11 heteroatoms.